The maximum atomic E-state index is 2.35. The van der Waals surface area contributed by atoms with E-state index in [9.17, 15) is 0 Å². The molecule has 0 heterocycles. The molecule has 0 unspecified atom stereocenters. The first-order valence-electron chi connectivity index (χ1n) is 2.84. The van der Waals surface area contributed by atoms with Crippen LogP contribution in [-0.4, -0.2) is 0 Å². The molecule has 0 amide bonds. The van der Waals surface area contributed by atoms with E-state index in [2.05, 4.69) is 52.9 Å². The van der Waals surface area contributed by atoms with Crippen LogP contribution in [0.5, 0.6) is 0 Å². The molecule has 0 saturated heterocycles. The molecule has 0 saturated carbocycles. The summed E-state index contributed by atoms with van der Waals surface area (Å²) in [5, 5.41) is 0. The Hall–Kier alpha value is -0.310. The molecule has 9 heavy (non-hydrogen) atoms. The van der Waals surface area contributed by atoms with E-state index in [-0.39, 0.29) is 0 Å². The van der Waals surface area contributed by atoms with E-state index in [0.29, 0.717) is 0 Å². The highest BCUT2D eigenvalue weighted by atomic mass is 127. The third-order valence-electron chi connectivity index (χ3n) is 1.50. The van der Waals surface area contributed by atoms with Crippen LogP contribution < -0.4 is 0 Å². The van der Waals surface area contributed by atoms with Gasteiger partial charge in [0, 0.05) is 3.58 Å². The molecule has 1 aliphatic carbocycles. The average molecular weight is 228 g/mol. The van der Waals surface area contributed by atoms with Gasteiger partial charge in [0.1, 0.15) is 0 Å². The number of hydrogen-bond acceptors (Lipinski definition) is 0. The molecule has 0 aliphatic heterocycles. The Morgan fingerprint density at radius 2 is 1.89 bits per heavy atom. The van der Waals surface area contributed by atoms with E-state index in [4.69, 9.17) is 0 Å². The van der Waals surface area contributed by atoms with Gasteiger partial charge in [-0.1, -0.05) is 24.3 Å². The van der Waals surface area contributed by atoms with Crippen LogP contribution in [0.15, 0.2) is 24.3 Å². The summed E-state index contributed by atoms with van der Waals surface area (Å²) in [6.45, 7) is 0. The molecule has 44 valence electrons. The Balaban J connectivity index is 2.61. The molecule has 1 aromatic rings. The lowest BCUT2D eigenvalue weighted by Gasteiger charge is -2.13. The lowest BCUT2D eigenvalue weighted by molar-refractivity contribution is 1.57. The number of benzene rings is 1. The maximum absolute atomic E-state index is 2.35. The number of hydrogen-bond donors (Lipinski definition) is 0. The Bertz CT molecular complexity index is 274. The summed E-state index contributed by atoms with van der Waals surface area (Å²) in [6, 6.07) is 8.43. The summed E-state index contributed by atoms with van der Waals surface area (Å²) in [5.41, 5.74) is 2.78. The third kappa shape index (κ3) is 0.713. The first-order valence-corrected chi connectivity index (χ1v) is 3.92. The Morgan fingerprint density at radius 1 is 1.11 bits per heavy atom. The van der Waals surface area contributed by atoms with Crippen LogP contribution in [0.25, 0.3) is 9.66 Å². The van der Waals surface area contributed by atoms with E-state index < -0.39 is 0 Å². The minimum atomic E-state index is 1.38. The Kier molecular flexibility index (Phi) is 1.12. The zero-order valence-corrected chi connectivity index (χ0v) is 6.92. The van der Waals surface area contributed by atoms with Gasteiger partial charge in [-0.15, -0.1) is 0 Å². The summed E-state index contributed by atoms with van der Waals surface area (Å²) < 4.78 is 1.38. The van der Waals surface area contributed by atoms with E-state index in [0.717, 1.165) is 0 Å². The van der Waals surface area contributed by atoms with Crippen molar-refractivity contribution in [1.82, 2.24) is 0 Å². The molecule has 0 spiro atoms. The number of rotatable bonds is 0. The fourth-order valence-electron chi connectivity index (χ4n) is 0.977. The highest BCUT2D eigenvalue weighted by Gasteiger charge is 2.10. The van der Waals surface area contributed by atoms with Crippen molar-refractivity contribution >= 4 is 32.2 Å². The molecule has 0 bridgehead atoms. The highest BCUT2D eigenvalue weighted by Crippen LogP contribution is 2.36. The maximum Gasteiger partial charge on any atom is 0.0214 e. The van der Waals surface area contributed by atoms with Crippen molar-refractivity contribution in [1.29, 1.82) is 0 Å². The van der Waals surface area contributed by atoms with Crippen molar-refractivity contribution in [2.24, 2.45) is 0 Å². The van der Waals surface area contributed by atoms with E-state index >= 15 is 0 Å². The van der Waals surface area contributed by atoms with Gasteiger partial charge in [0.15, 0.2) is 0 Å². The molecule has 0 atom stereocenters. The van der Waals surface area contributed by atoms with Gasteiger partial charge in [-0.2, -0.15) is 0 Å². The van der Waals surface area contributed by atoms with Crippen LogP contribution in [-0.2, 0) is 0 Å². The lowest BCUT2D eigenvalue weighted by Crippen LogP contribution is -1.90. The van der Waals surface area contributed by atoms with E-state index in [1.165, 1.54) is 14.7 Å². The minimum absolute atomic E-state index is 1.38. The molecule has 0 aromatic heterocycles. The second kappa shape index (κ2) is 1.84. The molecule has 2 rings (SSSR count). The standard InChI is InChI=1S/C8H5I/c9-8-5-6-3-1-2-4-7(6)8/h1-5H. The van der Waals surface area contributed by atoms with Crippen LogP contribution in [0.1, 0.15) is 11.1 Å². The van der Waals surface area contributed by atoms with Gasteiger partial charge >= 0.3 is 0 Å². The van der Waals surface area contributed by atoms with Gasteiger partial charge in [0.05, 0.1) is 0 Å². The van der Waals surface area contributed by atoms with Gasteiger partial charge in [0.25, 0.3) is 0 Å². The third-order valence-corrected chi connectivity index (χ3v) is 2.39. The van der Waals surface area contributed by atoms with Crippen molar-refractivity contribution in [3.05, 3.63) is 35.4 Å². The molecule has 1 heteroatoms. The highest BCUT2D eigenvalue weighted by molar-refractivity contribution is 14.1. The van der Waals surface area contributed by atoms with Crippen LogP contribution in [0.2, 0.25) is 0 Å². The zero-order valence-electron chi connectivity index (χ0n) is 4.76. The fourth-order valence-corrected chi connectivity index (χ4v) is 1.80. The van der Waals surface area contributed by atoms with Gasteiger partial charge in [-0.3, -0.25) is 0 Å². The second-order valence-corrected chi connectivity index (χ2v) is 3.24. The van der Waals surface area contributed by atoms with Gasteiger partial charge in [-0.25, -0.2) is 0 Å². The predicted octanol–water partition coefficient (Wildman–Crippen LogP) is 2.93. The first kappa shape index (κ1) is 5.47. The molecular formula is C8H5I. The summed E-state index contributed by atoms with van der Waals surface area (Å²) in [6.07, 6.45) is 2.19. The smallest absolute Gasteiger partial charge is 0.0214 e. The monoisotopic (exact) mass is 228 g/mol. The normalized spacial score (nSPS) is 13.7. The largest absolute Gasteiger partial charge is 0.0616 e. The summed E-state index contributed by atoms with van der Waals surface area (Å²) in [7, 11) is 0. The fraction of sp³-hybridized carbons (Fsp3) is 0. The molecule has 0 fully saturated rings. The van der Waals surface area contributed by atoms with Crippen molar-refractivity contribution in [3.8, 4) is 0 Å². The summed E-state index contributed by atoms with van der Waals surface area (Å²) in [5.74, 6) is 0. The Morgan fingerprint density at radius 3 is 2.44 bits per heavy atom. The van der Waals surface area contributed by atoms with Gasteiger partial charge in [0.2, 0.25) is 0 Å². The van der Waals surface area contributed by atoms with Crippen LogP contribution in [0.3, 0.4) is 0 Å². The molecule has 0 N–H and O–H groups in total. The van der Waals surface area contributed by atoms with E-state index in [1.807, 2.05) is 0 Å². The Labute approximate surface area is 67.7 Å². The first-order chi connectivity index (χ1) is 4.38. The average Bonchev–Trinajstić information content (AvgIpc) is 1.86. The zero-order chi connectivity index (χ0) is 6.27. The molecule has 1 aliphatic rings. The second-order valence-electron chi connectivity index (χ2n) is 2.08. The van der Waals surface area contributed by atoms with Crippen molar-refractivity contribution in [3.63, 3.8) is 0 Å². The molecule has 1 aromatic carbocycles. The minimum Gasteiger partial charge on any atom is -0.0616 e. The van der Waals surface area contributed by atoms with Crippen LogP contribution in [0.4, 0.5) is 0 Å². The number of halogens is 1. The van der Waals surface area contributed by atoms with Crippen LogP contribution >= 0.6 is 22.6 Å². The quantitative estimate of drug-likeness (QED) is 0.599. The summed E-state index contributed by atoms with van der Waals surface area (Å²) in [4.78, 5) is 0. The SMILES string of the molecule is IC1=Cc2ccccc21. The predicted molar refractivity (Wildman–Crippen MR) is 48.3 cm³/mol. The van der Waals surface area contributed by atoms with Crippen molar-refractivity contribution < 1.29 is 0 Å². The summed E-state index contributed by atoms with van der Waals surface area (Å²) >= 11 is 2.35. The molecular weight excluding hydrogens is 223 g/mol. The van der Waals surface area contributed by atoms with Crippen molar-refractivity contribution in [2.75, 3.05) is 0 Å². The van der Waals surface area contributed by atoms with Gasteiger partial charge in [-0.05, 0) is 39.8 Å². The van der Waals surface area contributed by atoms with E-state index in [1.54, 1.807) is 0 Å². The van der Waals surface area contributed by atoms with Crippen molar-refractivity contribution in [2.45, 2.75) is 0 Å². The number of fused-ring (bicyclic) bond motifs is 1. The molecule has 0 radical (unpaired) electrons. The van der Waals surface area contributed by atoms with Crippen LogP contribution in [0, 0.1) is 0 Å². The lowest BCUT2D eigenvalue weighted by atomic mass is 9.98. The van der Waals surface area contributed by atoms with Gasteiger partial charge < -0.3 is 0 Å². The topological polar surface area (TPSA) is 0 Å². The molecule has 0 nitrogen and oxygen atoms in total.